The number of aromatic nitrogens is 5. The summed E-state index contributed by atoms with van der Waals surface area (Å²) < 4.78 is 7.67. The van der Waals surface area contributed by atoms with Gasteiger partial charge in [0.25, 0.3) is 0 Å². The third-order valence-corrected chi connectivity index (χ3v) is 5.09. The fourth-order valence-corrected chi connectivity index (χ4v) is 3.59. The molecule has 1 amide bonds. The van der Waals surface area contributed by atoms with Crippen LogP contribution in [0.25, 0.3) is 17.0 Å². The number of fused-ring (bicyclic) bond motifs is 3. The predicted molar refractivity (Wildman–Crippen MR) is 107 cm³/mol. The van der Waals surface area contributed by atoms with E-state index in [1.54, 1.807) is 10.7 Å². The van der Waals surface area contributed by atoms with Crippen molar-refractivity contribution in [2.75, 3.05) is 6.54 Å². The summed E-state index contributed by atoms with van der Waals surface area (Å²) in [5.74, 6) is 1.02. The lowest BCUT2D eigenvalue weighted by atomic mass is 10.0. The number of carbonyl (C=O) groups is 1. The van der Waals surface area contributed by atoms with Crippen LogP contribution >= 0.6 is 0 Å². The second-order valence-electron chi connectivity index (χ2n) is 6.95. The number of pyridine rings is 1. The van der Waals surface area contributed by atoms with Crippen LogP contribution in [0, 0.1) is 0 Å². The normalized spacial score (nSPS) is 13.3. The molecule has 0 radical (unpaired) electrons. The van der Waals surface area contributed by atoms with Crippen molar-refractivity contribution in [3.8, 4) is 17.3 Å². The highest BCUT2D eigenvalue weighted by Gasteiger charge is 2.28. The highest BCUT2D eigenvalue weighted by Crippen LogP contribution is 2.31. The Morgan fingerprint density at radius 3 is 2.67 bits per heavy atom. The second-order valence-corrected chi connectivity index (χ2v) is 6.95. The minimum atomic E-state index is -0.964. The number of ether oxygens (including phenoxy) is 1. The zero-order chi connectivity index (χ0) is 20.5. The first-order valence-electron chi connectivity index (χ1n) is 9.54. The highest BCUT2D eigenvalue weighted by atomic mass is 16.5. The molecule has 9 nitrogen and oxygen atoms in total. The minimum Gasteiger partial charge on any atom is -0.470 e. The van der Waals surface area contributed by atoms with E-state index < -0.39 is 6.09 Å². The van der Waals surface area contributed by atoms with Gasteiger partial charge < -0.3 is 14.7 Å². The van der Waals surface area contributed by atoms with E-state index >= 15 is 0 Å². The third-order valence-electron chi connectivity index (χ3n) is 5.09. The quantitative estimate of drug-likeness (QED) is 0.559. The average molecular weight is 402 g/mol. The van der Waals surface area contributed by atoms with Gasteiger partial charge in [0.2, 0.25) is 5.88 Å². The molecule has 1 aliphatic rings. The summed E-state index contributed by atoms with van der Waals surface area (Å²) in [6.45, 7) is 0.848. The summed E-state index contributed by atoms with van der Waals surface area (Å²) in [7, 11) is 0. The summed E-state index contributed by atoms with van der Waals surface area (Å²) in [6.07, 6.45) is 1.24. The Hall–Kier alpha value is -4.01. The number of amides is 1. The van der Waals surface area contributed by atoms with Gasteiger partial charge in [-0.1, -0.05) is 36.4 Å². The van der Waals surface area contributed by atoms with E-state index in [1.807, 2.05) is 48.5 Å². The molecule has 0 aliphatic carbocycles. The van der Waals surface area contributed by atoms with Crippen molar-refractivity contribution in [2.45, 2.75) is 19.6 Å². The molecule has 9 heteroatoms. The topological polar surface area (TPSA) is 106 Å². The molecule has 0 saturated carbocycles. The smallest absolute Gasteiger partial charge is 0.407 e. The Morgan fingerprint density at radius 2 is 1.90 bits per heavy atom. The first-order valence-corrected chi connectivity index (χ1v) is 9.54. The van der Waals surface area contributed by atoms with Crippen molar-refractivity contribution in [3.63, 3.8) is 0 Å². The van der Waals surface area contributed by atoms with Crippen molar-refractivity contribution in [1.82, 2.24) is 29.7 Å². The summed E-state index contributed by atoms with van der Waals surface area (Å²) in [4.78, 5) is 17.2. The Kier molecular flexibility index (Phi) is 4.47. The molecule has 1 aromatic carbocycles. The number of nitrogens with zero attached hydrogens (tertiary/aromatic N) is 6. The molecule has 0 saturated heterocycles. The molecule has 4 aromatic rings. The minimum absolute atomic E-state index is 0.212. The number of rotatable bonds is 4. The van der Waals surface area contributed by atoms with Gasteiger partial charge >= 0.3 is 6.09 Å². The standard InChI is InChI=1S/C21H18N6O3/c28-21(29)26-11-9-16-17(12-26)19-24-23-18(14-6-2-1-3-7-14)27(19)25-20(16)30-13-15-8-4-5-10-22-15/h1-8,10H,9,11-13H2,(H,28,29). The van der Waals surface area contributed by atoms with Crippen LogP contribution in [0.5, 0.6) is 5.88 Å². The lowest BCUT2D eigenvalue weighted by Gasteiger charge is -2.27. The summed E-state index contributed by atoms with van der Waals surface area (Å²) in [5.41, 5.74) is 3.81. The Bertz CT molecular complexity index is 1210. The summed E-state index contributed by atoms with van der Waals surface area (Å²) >= 11 is 0. The molecule has 30 heavy (non-hydrogen) atoms. The van der Waals surface area contributed by atoms with Gasteiger partial charge in [0.1, 0.15) is 6.61 Å². The molecule has 1 aliphatic heterocycles. The monoisotopic (exact) mass is 402 g/mol. The molecule has 0 fully saturated rings. The van der Waals surface area contributed by atoms with Gasteiger partial charge in [0, 0.05) is 29.4 Å². The van der Waals surface area contributed by atoms with Gasteiger partial charge in [-0.05, 0) is 18.6 Å². The lowest BCUT2D eigenvalue weighted by molar-refractivity contribution is 0.139. The van der Waals surface area contributed by atoms with E-state index in [1.165, 1.54) is 4.90 Å². The summed E-state index contributed by atoms with van der Waals surface area (Å²) in [6, 6.07) is 15.2. The first-order chi connectivity index (χ1) is 14.7. The van der Waals surface area contributed by atoms with Gasteiger partial charge in [-0.2, -0.15) is 4.52 Å². The van der Waals surface area contributed by atoms with Crippen molar-refractivity contribution >= 4 is 11.7 Å². The van der Waals surface area contributed by atoms with Gasteiger partial charge in [-0.25, -0.2) is 4.79 Å². The molecule has 0 bridgehead atoms. The van der Waals surface area contributed by atoms with Crippen LogP contribution in [-0.2, 0) is 19.6 Å². The van der Waals surface area contributed by atoms with Crippen LogP contribution in [0.1, 0.15) is 16.8 Å². The van der Waals surface area contributed by atoms with E-state index in [-0.39, 0.29) is 13.2 Å². The number of benzene rings is 1. The van der Waals surface area contributed by atoms with Gasteiger partial charge in [-0.3, -0.25) is 4.98 Å². The molecule has 0 unspecified atom stereocenters. The Morgan fingerprint density at radius 1 is 1.07 bits per heavy atom. The maximum atomic E-state index is 11.6. The van der Waals surface area contributed by atoms with Gasteiger partial charge in [0.15, 0.2) is 11.5 Å². The van der Waals surface area contributed by atoms with Crippen molar-refractivity contribution in [3.05, 3.63) is 71.5 Å². The number of carboxylic acid groups (broad SMARTS) is 1. The number of hydrogen-bond donors (Lipinski definition) is 1. The molecule has 5 rings (SSSR count). The highest BCUT2D eigenvalue weighted by molar-refractivity contribution is 5.68. The molecule has 0 atom stereocenters. The maximum Gasteiger partial charge on any atom is 0.407 e. The van der Waals surface area contributed by atoms with E-state index in [4.69, 9.17) is 4.74 Å². The van der Waals surface area contributed by atoms with E-state index in [0.717, 1.165) is 22.4 Å². The van der Waals surface area contributed by atoms with E-state index in [2.05, 4.69) is 20.3 Å². The van der Waals surface area contributed by atoms with Crippen LogP contribution < -0.4 is 4.74 Å². The van der Waals surface area contributed by atoms with Crippen molar-refractivity contribution < 1.29 is 14.6 Å². The largest absolute Gasteiger partial charge is 0.470 e. The molecule has 150 valence electrons. The Balaban J connectivity index is 1.62. The SMILES string of the molecule is O=C(O)N1CCc2c(OCc3ccccn3)nn3c(-c4ccccc4)nnc3c2C1. The van der Waals surface area contributed by atoms with E-state index in [0.29, 0.717) is 30.3 Å². The first kappa shape index (κ1) is 18.0. The van der Waals surface area contributed by atoms with Crippen LogP contribution in [0.2, 0.25) is 0 Å². The zero-order valence-electron chi connectivity index (χ0n) is 16.0. The molecule has 3 aromatic heterocycles. The van der Waals surface area contributed by atoms with Crippen LogP contribution in [0.15, 0.2) is 54.7 Å². The Labute approximate surface area is 171 Å². The maximum absolute atomic E-state index is 11.6. The van der Waals surface area contributed by atoms with Crippen molar-refractivity contribution in [2.24, 2.45) is 0 Å². The number of hydrogen-bond acceptors (Lipinski definition) is 6. The summed E-state index contributed by atoms with van der Waals surface area (Å²) in [5, 5.41) is 22.8. The van der Waals surface area contributed by atoms with Gasteiger partial charge in [-0.15, -0.1) is 15.3 Å². The van der Waals surface area contributed by atoms with Crippen LogP contribution in [-0.4, -0.2) is 47.4 Å². The van der Waals surface area contributed by atoms with Crippen LogP contribution in [0.3, 0.4) is 0 Å². The predicted octanol–water partition coefficient (Wildman–Crippen LogP) is 2.80. The fourth-order valence-electron chi connectivity index (χ4n) is 3.59. The third kappa shape index (κ3) is 3.20. The van der Waals surface area contributed by atoms with Gasteiger partial charge in [0.05, 0.1) is 12.2 Å². The molecule has 1 N–H and O–H groups in total. The molecular weight excluding hydrogens is 384 g/mol. The van der Waals surface area contributed by atoms with Crippen LogP contribution in [0.4, 0.5) is 4.79 Å². The molecular formula is C21H18N6O3. The molecule has 0 spiro atoms. The van der Waals surface area contributed by atoms with E-state index in [9.17, 15) is 9.90 Å². The second kappa shape index (κ2) is 7.43. The average Bonchev–Trinajstić information content (AvgIpc) is 3.22. The fraction of sp³-hybridized carbons (Fsp3) is 0.190. The lowest BCUT2D eigenvalue weighted by Crippen LogP contribution is -2.35. The molecule has 4 heterocycles. The van der Waals surface area contributed by atoms with Crippen molar-refractivity contribution in [1.29, 1.82) is 0 Å². The zero-order valence-corrected chi connectivity index (χ0v) is 16.0.